The zero-order valence-electron chi connectivity index (χ0n) is 11.8. The van der Waals surface area contributed by atoms with Crippen molar-refractivity contribution in [3.8, 4) is 0 Å². The quantitative estimate of drug-likeness (QED) is 0.831. The highest BCUT2D eigenvalue weighted by Crippen LogP contribution is 2.21. The molecule has 0 unspecified atom stereocenters. The van der Waals surface area contributed by atoms with Crippen LogP contribution in [0.4, 0.5) is 0 Å². The van der Waals surface area contributed by atoms with Gasteiger partial charge >= 0.3 is 0 Å². The van der Waals surface area contributed by atoms with Crippen molar-refractivity contribution in [1.82, 2.24) is 4.90 Å². The van der Waals surface area contributed by atoms with Crippen LogP contribution < -0.4 is 0 Å². The number of hydrogen-bond donors (Lipinski definition) is 1. The summed E-state index contributed by atoms with van der Waals surface area (Å²) >= 11 is 12.1. The fraction of sp³-hybridized carbons (Fsp3) is 0.294. The first-order valence-electron chi connectivity index (χ1n) is 7.00. The Kier molecular flexibility index (Phi) is 6.52. The third-order valence-electron chi connectivity index (χ3n) is 3.38. The molecule has 0 spiro atoms. The van der Waals surface area contributed by atoms with Gasteiger partial charge in [-0.05, 0) is 29.7 Å². The Balaban J connectivity index is 1.96. The van der Waals surface area contributed by atoms with E-state index in [0.29, 0.717) is 16.6 Å². The highest BCUT2D eigenvalue weighted by atomic mass is 35.5. The minimum atomic E-state index is 0.154. The van der Waals surface area contributed by atoms with Crippen LogP contribution in [0.25, 0.3) is 0 Å². The first kappa shape index (κ1) is 16.3. The molecule has 4 heteroatoms. The molecule has 2 aromatic carbocycles. The van der Waals surface area contributed by atoms with E-state index < -0.39 is 0 Å². The molecule has 0 aliphatic carbocycles. The summed E-state index contributed by atoms with van der Waals surface area (Å²) in [5, 5.41) is 10.6. The summed E-state index contributed by atoms with van der Waals surface area (Å²) in [6, 6.07) is 15.9. The predicted octanol–water partition coefficient (Wildman–Crippen LogP) is 4.03. The molecule has 0 aliphatic heterocycles. The van der Waals surface area contributed by atoms with Gasteiger partial charge in [0.05, 0.1) is 6.61 Å². The van der Waals surface area contributed by atoms with Crippen molar-refractivity contribution in [2.24, 2.45) is 0 Å². The average Bonchev–Trinajstić information content (AvgIpc) is 2.47. The summed E-state index contributed by atoms with van der Waals surface area (Å²) in [4.78, 5) is 2.22. The molecule has 21 heavy (non-hydrogen) atoms. The monoisotopic (exact) mass is 323 g/mol. The Bertz CT molecular complexity index is 560. The largest absolute Gasteiger partial charge is 0.395 e. The van der Waals surface area contributed by atoms with Crippen molar-refractivity contribution in [3.05, 3.63) is 69.7 Å². The SMILES string of the molecule is OCCN(CCc1ccc(Cl)cc1Cl)Cc1ccccc1. The molecule has 0 radical (unpaired) electrons. The summed E-state index contributed by atoms with van der Waals surface area (Å²) in [6.07, 6.45) is 0.836. The zero-order valence-corrected chi connectivity index (χ0v) is 13.3. The van der Waals surface area contributed by atoms with Gasteiger partial charge in [0, 0.05) is 29.7 Å². The lowest BCUT2D eigenvalue weighted by molar-refractivity contribution is 0.191. The van der Waals surface area contributed by atoms with Crippen LogP contribution in [-0.4, -0.2) is 29.7 Å². The van der Waals surface area contributed by atoms with E-state index in [1.807, 2.05) is 30.3 Å². The second-order valence-electron chi connectivity index (χ2n) is 4.97. The van der Waals surface area contributed by atoms with Crippen molar-refractivity contribution in [2.75, 3.05) is 19.7 Å². The van der Waals surface area contributed by atoms with Crippen molar-refractivity contribution < 1.29 is 5.11 Å². The first-order valence-corrected chi connectivity index (χ1v) is 7.75. The third-order valence-corrected chi connectivity index (χ3v) is 3.96. The van der Waals surface area contributed by atoms with E-state index in [4.69, 9.17) is 23.2 Å². The lowest BCUT2D eigenvalue weighted by Gasteiger charge is -2.21. The molecule has 0 bridgehead atoms. The van der Waals surface area contributed by atoms with E-state index in [1.54, 1.807) is 6.07 Å². The van der Waals surface area contributed by atoms with Gasteiger partial charge in [-0.25, -0.2) is 0 Å². The summed E-state index contributed by atoms with van der Waals surface area (Å²) in [5.74, 6) is 0. The molecule has 2 nitrogen and oxygen atoms in total. The van der Waals surface area contributed by atoms with Crippen LogP contribution in [0.5, 0.6) is 0 Å². The van der Waals surface area contributed by atoms with Gasteiger partial charge in [-0.3, -0.25) is 4.90 Å². The molecule has 112 valence electrons. The van der Waals surface area contributed by atoms with Gasteiger partial charge in [-0.1, -0.05) is 59.6 Å². The van der Waals surface area contributed by atoms with Gasteiger partial charge in [0.15, 0.2) is 0 Å². The second kappa shape index (κ2) is 8.40. The maximum atomic E-state index is 9.22. The molecule has 2 aromatic rings. The Morgan fingerprint density at radius 2 is 1.71 bits per heavy atom. The average molecular weight is 324 g/mol. The zero-order chi connectivity index (χ0) is 15.1. The number of halogens is 2. The van der Waals surface area contributed by atoms with Crippen molar-refractivity contribution in [2.45, 2.75) is 13.0 Å². The second-order valence-corrected chi connectivity index (χ2v) is 5.81. The standard InChI is InChI=1S/C17H19Cl2NO/c18-16-7-6-15(17(19)12-16)8-9-20(10-11-21)13-14-4-2-1-3-5-14/h1-7,12,21H,8-11,13H2. The van der Waals surface area contributed by atoms with E-state index in [9.17, 15) is 5.11 Å². The van der Waals surface area contributed by atoms with Crippen LogP contribution in [0.3, 0.4) is 0 Å². The summed E-state index contributed by atoms with van der Waals surface area (Å²) in [7, 11) is 0. The van der Waals surface area contributed by atoms with Crippen LogP contribution >= 0.6 is 23.2 Å². The molecule has 0 aromatic heterocycles. The number of nitrogens with zero attached hydrogens (tertiary/aromatic N) is 1. The van der Waals surface area contributed by atoms with E-state index in [0.717, 1.165) is 25.1 Å². The van der Waals surface area contributed by atoms with Gasteiger partial charge in [0.25, 0.3) is 0 Å². The van der Waals surface area contributed by atoms with Gasteiger partial charge in [0.2, 0.25) is 0 Å². The van der Waals surface area contributed by atoms with E-state index >= 15 is 0 Å². The van der Waals surface area contributed by atoms with Gasteiger partial charge < -0.3 is 5.11 Å². The minimum absolute atomic E-state index is 0.154. The fourth-order valence-electron chi connectivity index (χ4n) is 2.26. The highest BCUT2D eigenvalue weighted by Gasteiger charge is 2.08. The molecule has 0 saturated carbocycles. The van der Waals surface area contributed by atoms with Crippen LogP contribution in [0.2, 0.25) is 10.0 Å². The summed E-state index contributed by atoms with van der Waals surface area (Å²) < 4.78 is 0. The molecule has 0 amide bonds. The number of aliphatic hydroxyl groups excluding tert-OH is 1. The molecule has 0 heterocycles. The molecule has 0 aliphatic rings. The van der Waals surface area contributed by atoms with E-state index in [1.165, 1.54) is 5.56 Å². The normalized spacial score (nSPS) is 11.0. The molecule has 2 rings (SSSR count). The topological polar surface area (TPSA) is 23.5 Å². The van der Waals surface area contributed by atoms with Gasteiger partial charge in [0.1, 0.15) is 0 Å². The lowest BCUT2D eigenvalue weighted by atomic mass is 10.1. The first-order chi connectivity index (χ1) is 10.2. The van der Waals surface area contributed by atoms with Crippen molar-refractivity contribution >= 4 is 23.2 Å². The van der Waals surface area contributed by atoms with Gasteiger partial charge in [-0.2, -0.15) is 0 Å². The van der Waals surface area contributed by atoms with Crippen LogP contribution in [0.1, 0.15) is 11.1 Å². The molecule has 0 fully saturated rings. The van der Waals surface area contributed by atoms with Gasteiger partial charge in [-0.15, -0.1) is 0 Å². The Morgan fingerprint density at radius 1 is 0.952 bits per heavy atom. The maximum absolute atomic E-state index is 9.22. The fourth-order valence-corrected chi connectivity index (χ4v) is 2.76. The molecular formula is C17H19Cl2NO. The van der Waals surface area contributed by atoms with Crippen LogP contribution in [0, 0.1) is 0 Å². The number of aliphatic hydroxyl groups is 1. The van der Waals surface area contributed by atoms with E-state index in [-0.39, 0.29) is 6.61 Å². The van der Waals surface area contributed by atoms with Crippen molar-refractivity contribution in [3.63, 3.8) is 0 Å². The summed E-state index contributed by atoms with van der Waals surface area (Å²) in [6.45, 7) is 2.48. The Hall–Kier alpha value is -1.06. The Labute approximate surface area is 135 Å². The molecular weight excluding hydrogens is 305 g/mol. The summed E-state index contributed by atoms with van der Waals surface area (Å²) in [5.41, 5.74) is 2.32. The number of hydrogen-bond acceptors (Lipinski definition) is 2. The minimum Gasteiger partial charge on any atom is -0.395 e. The third kappa shape index (κ3) is 5.33. The lowest BCUT2D eigenvalue weighted by Crippen LogP contribution is -2.28. The maximum Gasteiger partial charge on any atom is 0.0558 e. The number of benzene rings is 2. The van der Waals surface area contributed by atoms with E-state index in [2.05, 4.69) is 17.0 Å². The molecule has 0 saturated heterocycles. The highest BCUT2D eigenvalue weighted by molar-refractivity contribution is 6.35. The van der Waals surface area contributed by atoms with Crippen LogP contribution in [-0.2, 0) is 13.0 Å². The molecule has 0 atom stereocenters. The number of rotatable bonds is 7. The molecule has 1 N–H and O–H groups in total. The Morgan fingerprint density at radius 3 is 2.38 bits per heavy atom. The van der Waals surface area contributed by atoms with Crippen molar-refractivity contribution in [1.29, 1.82) is 0 Å². The predicted molar refractivity (Wildman–Crippen MR) is 89.0 cm³/mol. The smallest absolute Gasteiger partial charge is 0.0558 e. The van der Waals surface area contributed by atoms with Crippen LogP contribution in [0.15, 0.2) is 48.5 Å².